The van der Waals surface area contributed by atoms with Crippen LogP contribution in [0.4, 0.5) is 0 Å². The summed E-state index contributed by atoms with van der Waals surface area (Å²) in [4.78, 5) is 0. The van der Waals surface area contributed by atoms with E-state index in [0.29, 0.717) is 0 Å². The van der Waals surface area contributed by atoms with Crippen LogP contribution in [0.3, 0.4) is 0 Å². The molecule has 1 aromatic heterocycles. The lowest BCUT2D eigenvalue weighted by Gasteiger charge is -1.89. The Labute approximate surface area is 61.5 Å². The number of aryl methyl sites for hydroxylation is 1. The largest absolute Gasteiger partial charge is 0.159 e. The SMILES string of the molecule is Cc1nnccc1I. The van der Waals surface area contributed by atoms with E-state index in [9.17, 15) is 0 Å². The van der Waals surface area contributed by atoms with E-state index in [1.54, 1.807) is 6.20 Å². The van der Waals surface area contributed by atoms with E-state index in [1.807, 2.05) is 13.0 Å². The summed E-state index contributed by atoms with van der Waals surface area (Å²) in [6.45, 7) is 1.94. The Kier molecular flexibility index (Phi) is 1.77. The maximum absolute atomic E-state index is 3.82. The van der Waals surface area contributed by atoms with Crippen molar-refractivity contribution >= 4 is 22.6 Å². The molecule has 3 heteroatoms. The van der Waals surface area contributed by atoms with E-state index in [1.165, 1.54) is 0 Å². The minimum absolute atomic E-state index is 0.994. The van der Waals surface area contributed by atoms with Gasteiger partial charge in [0.25, 0.3) is 0 Å². The lowest BCUT2D eigenvalue weighted by molar-refractivity contribution is 0.969. The molecule has 0 atom stereocenters. The zero-order valence-electron chi connectivity index (χ0n) is 4.43. The zero-order valence-corrected chi connectivity index (χ0v) is 6.58. The van der Waals surface area contributed by atoms with Crippen molar-refractivity contribution in [2.45, 2.75) is 6.92 Å². The summed E-state index contributed by atoms with van der Waals surface area (Å²) in [7, 11) is 0. The number of hydrogen-bond acceptors (Lipinski definition) is 2. The summed E-state index contributed by atoms with van der Waals surface area (Å²) in [5.74, 6) is 0. The fourth-order valence-corrected chi connectivity index (χ4v) is 0.656. The van der Waals surface area contributed by atoms with Crippen molar-refractivity contribution in [3.63, 3.8) is 0 Å². The molecule has 0 unspecified atom stereocenters. The smallest absolute Gasteiger partial charge is 0.0733 e. The lowest BCUT2D eigenvalue weighted by atomic mass is 10.4. The van der Waals surface area contributed by atoms with E-state index in [2.05, 4.69) is 32.8 Å². The number of hydrogen-bond donors (Lipinski definition) is 0. The zero-order chi connectivity index (χ0) is 5.98. The van der Waals surface area contributed by atoms with Crippen molar-refractivity contribution in [3.05, 3.63) is 21.5 Å². The first kappa shape index (κ1) is 5.94. The van der Waals surface area contributed by atoms with Crippen LogP contribution in [0.5, 0.6) is 0 Å². The van der Waals surface area contributed by atoms with Gasteiger partial charge in [-0.1, -0.05) is 0 Å². The highest BCUT2D eigenvalue weighted by Crippen LogP contribution is 2.03. The van der Waals surface area contributed by atoms with Crippen LogP contribution in [-0.4, -0.2) is 10.2 Å². The fraction of sp³-hybridized carbons (Fsp3) is 0.200. The second-order valence-corrected chi connectivity index (χ2v) is 2.63. The molecule has 42 valence electrons. The van der Waals surface area contributed by atoms with Crippen LogP contribution in [0.15, 0.2) is 12.3 Å². The number of rotatable bonds is 0. The molecule has 0 aliphatic heterocycles. The van der Waals surface area contributed by atoms with Gasteiger partial charge < -0.3 is 0 Å². The van der Waals surface area contributed by atoms with Crippen LogP contribution in [0.2, 0.25) is 0 Å². The Balaban J connectivity index is 3.13. The first-order valence-corrected chi connectivity index (χ1v) is 3.32. The van der Waals surface area contributed by atoms with Crippen molar-refractivity contribution in [1.29, 1.82) is 0 Å². The van der Waals surface area contributed by atoms with Crippen LogP contribution in [-0.2, 0) is 0 Å². The van der Waals surface area contributed by atoms with Crippen molar-refractivity contribution in [2.24, 2.45) is 0 Å². The molecule has 0 spiro atoms. The highest BCUT2D eigenvalue weighted by molar-refractivity contribution is 14.1. The molecule has 8 heavy (non-hydrogen) atoms. The van der Waals surface area contributed by atoms with Crippen LogP contribution in [0, 0.1) is 10.5 Å². The lowest BCUT2D eigenvalue weighted by Crippen LogP contribution is -1.86. The van der Waals surface area contributed by atoms with Gasteiger partial charge in [0.2, 0.25) is 0 Å². The molecule has 0 amide bonds. The van der Waals surface area contributed by atoms with Gasteiger partial charge in [-0.05, 0) is 35.6 Å². The molecule has 2 nitrogen and oxygen atoms in total. The Morgan fingerprint density at radius 3 is 2.75 bits per heavy atom. The maximum atomic E-state index is 3.82. The standard InChI is InChI=1S/C5H5IN2/c1-4-5(6)2-3-7-8-4/h2-3H,1H3. The number of aromatic nitrogens is 2. The highest BCUT2D eigenvalue weighted by atomic mass is 127. The van der Waals surface area contributed by atoms with Gasteiger partial charge in [0, 0.05) is 3.57 Å². The van der Waals surface area contributed by atoms with Gasteiger partial charge in [0.15, 0.2) is 0 Å². The topological polar surface area (TPSA) is 25.8 Å². The van der Waals surface area contributed by atoms with E-state index in [4.69, 9.17) is 0 Å². The van der Waals surface area contributed by atoms with Crippen molar-refractivity contribution in [3.8, 4) is 0 Å². The monoisotopic (exact) mass is 220 g/mol. The molecule has 1 rings (SSSR count). The normalized spacial score (nSPS) is 9.25. The summed E-state index contributed by atoms with van der Waals surface area (Å²) < 4.78 is 1.16. The van der Waals surface area contributed by atoms with Gasteiger partial charge in [0.05, 0.1) is 11.9 Å². The predicted octanol–water partition coefficient (Wildman–Crippen LogP) is 1.39. The molecule has 0 aromatic carbocycles. The van der Waals surface area contributed by atoms with Gasteiger partial charge in [-0.15, -0.1) is 0 Å². The third kappa shape index (κ3) is 1.15. The van der Waals surface area contributed by atoms with E-state index in [-0.39, 0.29) is 0 Å². The van der Waals surface area contributed by atoms with Crippen LogP contribution >= 0.6 is 22.6 Å². The second-order valence-electron chi connectivity index (χ2n) is 1.46. The third-order valence-corrected chi connectivity index (χ3v) is 1.98. The molecule has 0 saturated carbocycles. The molecular weight excluding hydrogens is 215 g/mol. The van der Waals surface area contributed by atoms with Crippen LogP contribution in [0.25, 0.3) is 0 Å². The maximum Gasteiger partial charge on any atom is 0.0733 e. The molecule has 0 bridgehead atoms. The summed E-state index contributed by atoms with van der Waals surface area (Å²) in [6.07, 6.45) is 1.69. The van der Waals surface area contributed by atoms with Crippen molar-refractivity contribution in [2.75, 3.05) is 0 Å². The first-order chi connectivity index (χ1) is 3.80. The van der Waals surface area contributed by atoms with E-state index in [0.717, 1.165) is 9.26 Å². The van der Waals surface area contributed by atoms with Crippen LogP contribution < -0.4 is 0 Å². The average molecular weight is 220 g/mol. The Morgan fingerprint density at radius 1 is 1.62 bits per heavy atom. The molecule has 0 aliphatic carbocycles. The molecule has 1 heterocycles. The number of halogens is 1. The summed E-state index contributed by atoms with van der Waals surface area (Å²) in [5, 5.41) is 7.51. The van der Waals surface area contributed by atoms with Gasteiger partial charge in [-0.25, -0.2) is 0 Å². The molecule has 0 radical (unpaired) electrons. The second kappa shape index (κ2) is 2.39. The Hall–Kier alpha value is -0.190. The Bertz CT molecular complexity index is 167. The van der Waals surface area contributed by atoms with Crippen LogP contribution in [0.1, 0.15) is 5.69 Å². The van der Waals surface area contributed by atoms with E-state index < -0.39 is 0 Å². The fourth-order valence-electron chi connectivity index (χ4n) is 0.387. The molecular formula is C5H5IN2. The van der Waals surface area contributed by atoms with Gasteiger partial charge in [-0.2, -0.15) is 10.2 Å². The van der Waals surface area contributed by atoms with Crippen molar-refractivity contribution < 1.29 is 0 Å². The van der Waals surface area contributed by atoms with Gasteiger partial charge in [0.1, 0.15) is 0 Å². The Morgan fingerprint density at radius 2 is 2.38 bits per heavy atom. The summed E-state index contributed by atoms with van der Waals surface area (Å²) in [5.41, 5.74) is 0.994. The summed E-state index contributed by atoms with van der Waals surface area (Å²) >= 11 is 2.22. The quantitative estimate of drug-likeness (QED) is 0.617. The van der Waals surface area contributed by atoms with Crippen molar-refractivity contribution in [1.82, 2.24) is 10.2 Å². The number of nitrogens with zero attached hydrogens (tertiary/aromatic N) is 2. The first-order valence-electron chi connectivity index (χ1n) is 2.24. The van der Waals surface area contributed by atoms with Gasteiger partial charge >= 0.3 is 0 Å². The third-order valence-electron chi connectivity index (χ3n) is 0.841. The molecule has 0 aliphatic rings. The molecule has 1 aromatic rings. The minimum atomic E-state index is 0.994. The van der Waals surface area contributed by atoms with E-state index >= 15 is 0 Å². The molecule has 0 fully saturated rings. The molecule has 0 N–H and O–H groups in total. The predicted molar refractivity (Wildman–Crippen MR) is 39.5 cm³/mol. The minimum Gasteiger partial charge on any atom is -0.159 e. The summed E-state index contributed by atoms with van der Waals surface area (Å²) in [6, 6.07) is 1.93. The highest BCUT2D eigenvalue weighted by Gasteiger charge is 1.89. The molecule has 0 saturated heterocycles. The van der Waals surface area contributed by atoms with Gasteiger partial charge in [-0.3, -0.25) is 0 Å². The average Bonchev–Trinajstić information content (AvgIpc) is 1.77.